The van der Waals surface area contributed by atoms with Gasteiger partial charge in [-0.15, -0.1) is 0 Å². The summed E-state index contributed by atoms with van der Waals surface area (Å²) in [6.07, 6.45) is 2.02. The maximum absolute atomic E-state index is 14.0. The molecule has 2 atom stereocenters. The molecule has 4 rings (SSSR count). The van der Waals surface area contributed by atoms with Crippen molar-refractivity contribution in [1.29, 1.82) is 0 Å². The Morgan fingerprint density at radius 3 is 2.76 bits per heavy atom. The zero-order valence-electron chi connectivity index (χ0n) is 19.6. The van der Waals surface area contributed by atoms with Gasteiger partial charge in [-0.25, -0.2) is 9.40 Å². The van der Waals surface area contributed by atoms with Crippen molar-refractivity contribution in [2.45, 2.75) is 32.2 Å². The number of carbonyl (C=O) groups is 2. The lowest BCUT2D eigenvalue weighted by atomic mass is 9.97. The normalized spacial score (nSPS) is 20.7. The van der Waals surface area contributed by atoms with Crippen LogP contribution >= 0.6 is 0 Å². The minimum Gasteiger partial charge on any atom is -0.496 e. The number of ether oxygens (including phenoxy) is 2. The molecule has 2 aliphatic heterocycles. The monoisotopic (exact) mass is 467 g/mol. The summed E-state index contributed by atoms with van der Waals surface area (Å²) in [5.41, 5.74) is 2.20. The van der Waals surface area contributed by atoms with E-state index in [4.69, 9.17) is 9.47 Å². The Bertz CT molecular complexity index is 1070. The molecule has 0 N–H and O–H groups in total. The van der Waals surface area contributed by atoms with Gasteiger partial charge in [0.1, 0.15) is 11.6 Å². The number of methoxy groups -OCH3 is 1. The number of carbonyl (C=O) groups excluding carboxylic acids is 2. The smallest absolute Gasteiger partial charge is 0.310 e. The number of hydrazone groups is 1. The molecule has 180 valence electrons. The van der Waals surface area contributed by atoms with Crippen LogP contribution in [0.3, 0.4) is 0 Å². The van der Waals surface area contributed by atoms with E-state index in [9.17, 15) is 14.0 Å². The van der Waals surface area contributed by atoms with E-state index in [1.807, 2.05) is 35.2 Å². The second-order valence-corrected chi connectivity index (χ2v) is 8.59. The van der Waals surface area contributed by atoms with Gasteiger partial charge < -0.3 is 9.47 Å². The molecule has 2 heterocycles. The zero-order valence-corrected chi connectivity index (χ0v) is 19.6. The standard InChI is InChI=1S/C26H30FN3O4/c1-3-34-26(32)19-9-7-13-29(16-19)17-25(31)30-23(18-8-6-10-20(27)14-18)15-22(28-30)21-11-4-5-12-24(21)33-2/h4-6,8,10-12,14,19,23H,3,7,9,13,15-17H2,1-2H3/t19-,23-/m0/s1. The van der Waals surface area contributed by atoms with Crippen molar-refractivity contribution in [3.63, 3.8) is 0 Å². The van der Waals surface area contributed by atoms with Crippen LogP contribution in [0.15, 0.2) is 53.6 Å². The predicted octanol–water partition coefficient (Wildman–Crippen LogP) is 3.79. The number of piperidine rings is 1. The molecule has 1 amide bonds. The number of benzene rings is 2. The van der Waals surface area contributed by atoms with Gasteiger partial charge >= 0.3 is 5.97 Å². The van der Waals surface area contributed by atoms with Crippen molar-refractivity contribution in [2.75, 3.05) is 33.4 Å². The number of hydrogen-bond acceptors (Lipinski definition) is 6. The molecule has 2 aromatic rings. The van der Waals surface area contributed by atoms with Gasteiger partial charge in [0.15, 0.2) is 0 Å². The highest BCUT2D eigenvalue weighted by molar-refractivity contribution is 6.05. The minimum atomic E-state index is -0.422. The molecule has 8 heteroatoms. The van der Waals surface area contributed by atoms with Gasteiger partial charge in [0.2, 0.25) is 0 Å². The molecule has 34 heavy (non-hydrogen) atoms. The van der Waals surface area contributed by atoms with Gasteiger partial charge in [-0.3, -0.25) is 14.5 Å². The Labute approximate surface area is 199 Å². The molecule has 0 unspecified atom stereocenters. The first-order valence-corrected chi connectivity index (χ1v) is 11.7. The molecule has 2 aromatic carbocycles. The van der Waals surface area contributed by atoms with E-state index >= 15 is 0 Å². The second kappa shape index (κ2) is 10.8. The van der Waals surface area contributed by atoms with Crippen molar-refractivity contribution in [2.24, 2.45) is 11.0 Å². The Kier molecular flexibility index (Phi) is 7.57. The van der Waals surface area contributed by atoms with Crippen LogP contribution in [0.1, 0.15) is 43.4 Å². The Morgan fingerprint density at radius 2 is 2.00 bits per heavy atom. The van der Waals surface area contributed by atoms with E-state index in [0.29, 0.717) is 36.6 Å². The van der Waals surface area contributed by atoms with E-state index in [-0.39, 0.29) is 30.2 Å². The van der Waals surface area contributed by atoms with Crippen molar-refractivity contribution < 1.29 is 23.5 Å². The summed E-state index contributed by atoms with van der Waals surface area (Å²) in [6, 6.07) is 13.4. The average molecular weight is 468 g/mol. The summed E-state index contributed by atoms with van der Waals surface area (Å²) in [6.45, 7) is 3.47. The summed E-state index contributed by atoms with van der Waals surface area (Å²) in [5.74, 6) is -0.323. The quantitative estimate of drug-likeness (QED) is 0.580. The number of hydrogen-bond donors (Lipinski definition) is 0. The summed E-state index contributed by atoms with van der Waals surface area (Å²) < 4.78 is 24.7. The third-order valence-corrected chi connectivity index (χ3v) is 6.30. The largest absolute Gasteiger partial charge is 0.496 e. The highest BCUT2D eigenvalue weighted by atomic mass is 19.1. The van der Waals surface area contributed by atoms with Crippen LogP contribution in [0.5, 0.6) is 5.75 Å². The van der Waals surface area contributed by atoms with Crippen LogP contribution in [0.25, 0.3) is 0 Å². The van der Waals surface area contributed by atoms with Crippen LogP contribution < -0.4 is 4.74 Å². The summed E-state index contributed by atoms with van der Waals surface area (Å²) in [7, 11) is 1.59. The third-order valence-electron chi connectivity index (χ3n) is 6.30. The van der Waals surface area contributed by atoms with Crippen LogP contribution in [-0.4, -0.2) is 60.8 Å². The van der Waals surface area contributed by atoms with Crippen LogP contribution in [-0.2, 0) is 14.3 Å². The van der Waals surface area contributed by atoms with Crippen LogP contribution in [0.4, 0.5) is 4.39 Å². The van der Waals surface area contributed by atoms with Gasteiger partial charge in [-0.05, 0) is 56.1 Å². The van der Waals surface area contributed by atoms with E-state index < -0.39 is 6.04 Å². The number of para-hydroxylation sites is 1. The first kappa shape index (κ1) is 23.9. The third kappa shape index (κ3) is 5.28. The average Bonchev–Trinajstić information content (AvgIpc) is 3.30. The Balaban J connectivity index is 1.57. The number of rotatable bonds is 7. The summed E-state index contributed by atoms with van der Waals surface area (Å²) >= 11 is 0. The first-order valence-electron chi connectivity index (χ1n) is 11.7. The number of halogens is 1. The van der Waals surface area contributed by atoms with Gasteiger partial charge in [0.05, 0.1) is 37.9 Å². The maximum Gasteiger partial charge on any atom is 0.310 e. The highest BCUT2D eigenvalue weighted by Gasteiger charge is 2.36. The lowest BCUT2D eigenvalue weighted by molar-refractivity contribution is -0.150. The van der Waals surface area contributed by atoms with E-state index in [2.05, 4.69) is 5.10 Å². The molecule has 0 aromatic heterocycles. The second-order valence-electron chi connectivity index (χ2n) is 8.59. The topological polar surface area (TPSA) is 71.4 Å². The maximum atomic E-state index is 14.0. The molecule has 2 aliphatic rings. The summed E-state index contributed by atoms with van der Waals surface area (Å²) in [4.78, 5) is 27.6. The lowest BCUT2D eigenvalue weighted by Crippen LogP contribution is -2.44. The van der Waals surface area contributed by atoms with Gasteiger partial charge in [-0.2, -0.15) is 5.10 Å². The number of amides is 1. The zero-order chi connectivity index (χ0) is 24.1. The molecule has 0 bridgehead atoms. The number of likely N-dealkylation sites (tertiary alicyclic amines) is 1. The molecule has 1 fully saturated rings. The van der Waals surface area contributed by atoms with Crippen LogP contribution in [0.2, 0.25) is 0 Å². The van der Waals surface area contributed by atoms with Gasteiger partial charge in [-0.1, -0.05) is 24.3 Å². The van der Waals surface area contributed by atoms with Crippen molar-refractivity contribution in [1.82, 2.24) is 9.91 Å². The number of nitrogens with zero attached hydrogens (tertiary/aromatic N) is 3. The predicted molar refractivity (Wildman–Crippen MR) is 126 cm³/mol. The summed E-state index contributed by atoms with van der Waals surface area (Å²) in [5, 5.41) is 6.15. The fourth-order valence-electron chi connectivity index (χ4n) is 4.67. The fraction of sp³-hybridized carbons (Fsp3) is 0.423. The minimum absolute atomic E-state index is 0.129. The molecule has 0 saturated carbocycles. The van der Waals surface area contributed by atoms with Gasteiger partial charge in [0.25, 0.3) is 5.91 Å². The van der Waals surface area contributed by atoms with Crippen molar-refractivity contribution in [3.8, 4) is 5.75 Å². The first-order chi connectivity index (χ1) is 16.5. The molecule has 0 spiro atoms. The Hall–Kier alpha value is -3.26. The number of esters is 1. The van der Waals surface area contributed by atoms with Crippen molar-refractivity contribution in [3.05, 3.63) is 65.5 Å². The molecular weight excluding hydrogens is 437 g/mol. The lowest BCUT2D eigenvalue weighted by Gasteiger charge is -2.32. The van der Waals surface area contributed by atoms with Crippen molar-refractivity contribution >= 4 is 17.6 Å². The molecule has 7 nitrogen and oxygen atoms in total. The van der Waals surface area contributed by atoms with E-state index in [0.717, 1.165) is 24.9 Å². The SMILES string of the molecule is CCOC(=O)[C@H]1CCCN(CC(=O)N2N=C(c3ccccc3OC)C[C@H]2c2cccc(F)c2)C1. The molecule has 0 aliphatic carbocycles. The van der Waals surface area contributed by atoms with Gasteiger partial charge in [0, 0.05) is 18.5 Å². The van der Waals surface area contributed by atoms with E-state index in [1.54, 1.807) is 20.1 Å². The highest BCUT2D eigenvalue weighted by Crippen LogP contribution is 2.35. The van der Waals surface area contributed by atoms with Crippen LogP contribution in [0, 0.1) is 11.7 Å². The molecule has 1 saturated heterocycles. The van der Waals surface area contributed by atoms with E-state index in [1.165, 1.54) is 17.1 Å². The Morgan fingerprint density at radius 1 is 1.18 bits per heavy atom. The molecular formula is C26H30FN3O4. The fourth-order valence-corrected chi connectivity index (χ4v) is 4.67. The molecule has 0 radical (unpaired) electrons.